The Kier molecular flexibility index (Phi) is 4.09. The number of furan rings is 1. The summed E-state index contributed by atoms with van der Waals surface area (Å²) in [5, 5.41) is 0.354. The van der Waals surface area contributed by atoms with Crippen molar-refractivity contribution in [3.05, 3.63) is 35.6 Å². The molecule has 3 nitrogen and oxygen atoms in total. The summed E-state index contributed by atoms with van der Waals surface area (Å²) < 4.78 is 46.6. The molecule has 0 aliphatic heterocycles. The van der Waals surface area contributed by atoms with Crippen LogP contribution in [-0.4, -0.2) is 9.30 Å². The highest BCUT2D eigenvalue weighted by molar-refractivity contribution is 7.90. The van der Waals surface area contributed by atoms with Crippen molar-refractivity contribution in [1.82, 2.24) is 4.72 Å². The fraction of sp³-hybridized carbons (Fsp3) is 0.429. The van der Waals surface area contributed by atoms with Crippen molar-refractivity contribution >= 4 is 22.3 Å². The molecular weight excluding hydrogens is 284 g/mol. The van der Waals surface area contributed by atoms with Crippen LogP contribution in [0.1, 0.15) is 39.5 Å². The molecule has 0 spiro atoms. The van der Waals surface area contributed by atoms with Crippen molar-refractivity contribution in [2.75, 3.05) is 0 Å². The lowest BCUT2D eigenvalue weighted by Crippen LogP contribution is -2.40. The van der Waals surface area contributed by atoms with Gasteiger partial charge in [0.2, 0.25) is 0 Å². The largest absolute Gasteiger partial charge is 0.598 e. The molecule has 1 N–H and O–H groups in total. The molecule has 110 valence electrons. The van der Waals surface area contributed by atoms with Gasteiger partial charge < -0.3 is 8.97 Å². The third kappa shape index (κ3) is 3.13. The first kappa shape index (κ1) is 15.3. The van der Waals surface area contributed by atoms with Crippen LogP contribution >= 0.6 is 0 Å². The van der Waals surface area contributed by atoms with E-state index in [4.69, 9.17) is 4.42 Å². The van der Waals surface area contributed by atoms with Gasteiger partial charge in [0.25, 0.3) is 0 Å². The Bertz CT molecular complexity index is 621. The van der Waals surface area contributed by atoms with Crippen LogP contribution in [0, 0.1) is 11.6 Å². The molecular formula is C14H17F2NO2S. The van der Waals surface area contributed by atoms with Crippen molar-refractivity contribution in [3.63, 3.8) is 0 Å². The van der Waals surface area contributed by atoms with Crippen LogP contribution in [0.15, 0.2) is 22.6 Å². The van der Waals surface area contributed by atoms with E-state index >= 15 is 0 Å². The van der Waals surface area contributed by atoms with Crippen molar-refractivity contribution in [2.24, 2.45) is 0 Å². The molecule has 1 aromatic carbocycles. The average molecular weight is 301 g/mol. The molecule has 1 aromatic heterocycles. The van der Waals surface area contributed by atoms with Gasteiger partial charge in [-0.2, -0.15) is 0 Å². The maximum absolute atomic E-state index is 13.6. The zero-order valence-corrected chi connectivity index (χ0v) is 12.6. The van der Waals surface area contributed by atoms with Gasteiger partial charge in [0.15, 0.2) is 11.4 Å². The summed E-state index contributed by atoms with van der Waals surface area (Å²) in [6.07, 6.45) is 0. The summed E-state index contributed by atoms with van der Waals surface area (Å²) in [6.45, 7) is 7.29. The Morgan fingerprint density at radius 2 is 1.90 bits per heavy atom. The van der Waals surface area contributed by atoms with Gasteiger partial charge in [-0.1, -0.05) is 0 Å². The summed E-state index contributed by atoms with van der Waals surface area (Å²) in [7, 11) is 0. The van der Waals surface area contributed by atoms with E-state index in [0.29, 0.717) is 11.1 Å². The normalized spacial score (nSPS) is 15.6. The van der Waals surface area contributed by atoms with E-state index < -0.39 is 27.7 Å². The lowest BCUT2D eigenvalue weighted by Gasteiger charge is -2.25. The van der Waals surface area contributed by atoms with Crippen molar-refractivity contribution in [2.45, 2.75) is 38.5 Å². The molecule has 0 radical (unpaired) electrons. The first-order valence-electron chi connectivity index (χ1n) is 6.25. The summed E-state index contributed by atoms with van der Waals surface area (Å²) in [6, 6.07) is 3.17. The molecule has 0 amide bonds. The lowest BCUT2D eigenvalue weighted by atomic mass is 10.2. The second kappa shape index (κ2) is 5.35. The van der Waals surface area contributed by atoms with E-state index in [1.165, 1.54) is 6.07 Å². The van der Waals surface area contributed by atoms with Crippen molar-refractivity contribution in [1.29, 1.82) is 0 Å². The van der Waals surface area contributed by atoms with Gasteiger partial charge >= 0.3 is 0 Å². The van der Waals surface area contributed by atoms with E-state index in [2.05, 4.69) is 4.72 Å². The van der Waals surface area contributed by atoms with E-state index in [1.807, 2.05) is 20.8 Å². The van der Waals surface area contributed by atoms with Crippen LogP contribution in [0.25, 0.3) is 11.0 Å². The monoisotopic (exact) mass is 301 g/mol. The summed E-state index contributed by atoms with van der Waals surface area (Å²) >= 11 is -1.28. The van der Waals surface area contributed by atoms with Gasteiger partial charge in [-0.3, -0.25) is 0 Å². The summed E-state index contributed by atoms with van der Waals surface area (Å²) in [5.41, 5.74) is 0.0107. The first-order valence-corrected chi connectivity index (χ1v) is 7.40. The molecule has 1 heterocycles. The molecule has 2 rings (SSSR count). The fourth-order valence-electron chi connectivity index (χ4n) is 1.70. The molecule has 0 saturated heterocycles. The molecule has 0 saturated carbocycles. The van der Waals surface area contributed by atoms with Gasteiger partial charge in [0, 0.05) is 22.8 Å². The number of hydrogen-bond donors (Lipinski definition) is 1. The minimum absolute atomic E-state index is 0.0107. The minimum Gasteiger partial charge on any atom is -0.598 e. The van der Waals surface area contributed by atoms with Gasteiger partial charge in [-0.25, -0.2) is 8.78 Å². The van der Waals surface area contributed by atoms with Crippen molar-refractivity contribution in [3.8, 4) is 0 Å². The van der Waals surface area contributed by atoms with Gasteiger partial charge in [-0.05, 0) is 39.8 Å². The Labute approximate surface area is 119 Å². The van der Waals surface area contributed by atoms with Gasteiger partial charge in [0.1, 0.15) is 22.4 Å². The zero-order valence-electron chi connectivity index (χ0n) is 11.8. The van der Waals surface area contributed by atoms with Crippen LogP contribution in [0.3, 0.4) is 0 Å². The maximum Gasteiger partial charge on any atom is 0.170 e. The third-order valence-electron chi connectivity index (χ3n) is 2.82. The third-order valence-corrected chi connectivity index (χ3v) is 4.50. The molecule has 0 aliphatic rings. The summed E-state index contributed by atoms with van der Waals surface area (Å²) in [5.74, 6) is -0.973. The van der Waals surface area contributed by atoms with Crippen molar-refractivity contribution < 1.29 is 17.8 Å². The molecule has 6 heteroatoms. The second-order valence-electron chi connectivity index (χ2n) is 5.68. The number of halogens is 2. The molecule has 0 bridgehead atoms. The van der Waals surface area contributed by atoms with Gasteiger partial charge in [0.05, 0.1) is 0 Å². The highest BCUT2D eigenvalue weighted by atomic mass is 32.2. The predicted molar refractivity (Wildman–Crippen MR) is 75.6 cm³/mol. The SMILES string of the molecule is CC(N[S+]([O-])C(C)(C)C)c1cc2cc(F)cc(F)c2o1. The Hall–Kier alpha value is -1.11. The van der Waals surface area contributed by atoms with Crippen LogP contribution < -0.4 is 4.72 Å². The molecule has 2 atom stereocenters. The Balaban J connectivity index is 2.27. The van der Waals surface area contributed by atoms with E-state index in [-0.39, 0.29) is 11.6 Å². The van der Waals surface area contributed by atoms with Crippen LogP contribution in [0.5, 0.6) is 0 Å². The number of nitrogens with one attached hydrogen (secondary N) is 1. The number of rotatable bonds is 3. The van der Waals surface area contributed by atoms with E-state index in [0.717, 1.165) is 6.07 Å². The number of fused-ring (bicyclic) bond motifs is 1. The fourth-order valence-corrected chi connectivity index (χ4v) is 2.50. The average Bonchev–Trinajstić information content (AvgIpc) is 2.71. The quantitative estimate of drug-likeness (QED) is 0.877. The van der Waals surface area contributed by atoms with E-state index in [1.54, 1.807) is 13.0 Å². The molecule has 0 fully saturated rings. The Morgan fingerprint density at radius 1 is 1.25 bits per heavy atom. The van der Waals surface area contributed by atoms with Crippen LogP contribution in [-0.2, 0) is 11.4 Å². The van der Waals surface area contributed by atoms with E-state index in [9.17, 15) is 13.3 Å². The Morgan fingerprint density at radius 3 is 2.50 bits per heavy atom. The topological polar surface area (TPSA) is 48.2 Å². The number of hydrogen-bond acceptors (Lipinski definition) is 3. The lowest BCUT2D eigenvalue weighted by molar-refractivity contribution is 0.464. The zero-order chi connectivity index (χ0) is 15.1. The smallest absolute Gasteiger partial charge is 0.170 e. The molecule has 2 aromatic rings. The number of benzene rings is 1. The summed E-state index contributed by atoms with van der Waals surface area (Å²) in [4.78, 5) is 0. The minimum atomic E-state index is -1.28. The van der Waals surface area contributed by atoms with Crippen LogP contribution in [0.2, 0.25) is 0 Å². The highest BCUT2D eigenvalue weighted by Gasteiger charge is 2.29. The molecule has 20 heavy (non-hydrogen) atoms. The molecule has 0 aliphatic carbocycles. The van der Waals surface area contributed by atoms with Gasteiger partial charge in [-0.15, -0.1) is 4.72 Å². The van der Waals surface area contributed by atoms with Crippen LogP contribution in [0.4, 0.5) is 8.78 Å². The molecule has 2 unspecified atom stereocenters. The highest BCUT2D eigenvalue weighted by Crippen LogP contribution is 2.28. The maximum atomic E-state index is 13.6. The second-order valence-corrected chi connectivity index (χ2v) is 7.67. The predicted octanol–water partition coefficient (Wildman–Crippen LogP) is 3.82. The standard InChI is InChI=1S/C14H17F2NO2S/c1-8(17-20(18)14(2,3)4)12-6-9-5-10(15)7-11(16)13(9)19-12/h5-8,17H,1-4H3. The first-order chi connectivity index (χ1) is 9.18.